The van der Waals surface area contributed by atoms with Crippen molar-refractivity contribution < 1.29 is 9.32 Å². The van der Waals surface area contributed by atoms with Gasteiger partial charge < -0.3 is 15.2 Å². The van der Waals surface area contributed by atoms with E-state index in [1.807, 2.05) is 0 Å². The standard InChI is InChI=1S/C16H22N4O2/c1-10-7-11(2)14(12(3)8-10)5-6-17-16(21)18-9-15-19-13(4)20-22-15/h7-8H,5-6,9H2,1-4H3,(H2,17,18,21). The third-order valence-electron chi connectivity index (χ3n) is 3.47. The van der Waals surface area contributed by atoms with E-state index in [9.17, 15) is 4.79 Å². The summed E-state index contributed by atoms with van der Waals surface area (Å²) in [5.74, 6) is 0.959. The van der Waals surface area contributed by atoms with Crippen LogP contribution < -0.4 is 10.6 Å². The average molecular weight is 302 g/mol. The molecule has 0 spiro atoms. The second-order valence-corrected chi connectivity index (χ2v) is 5.47. The summed E-state index contributed by atoms with van der Waals surface area (Å²) in [7, 11) is 0. The number of aromatic nitrogens is 2. The molecule has 1 heterocycles. The molecule has 0 saturated carbocycles. The molecular formula is C16H22N4O2. The molecule has 1 aromatic carbocycles. The van der Waals surface area contributed by atoms with Crippen LogP contribution in [0.5, 0.6) is 0 Å². The minimum absolute atomic E-state index is 0.231. The fourth-order valence-corrected chi connectivity index (χ4v) is 2.54. The van der Waals surface area contributed by atoms with Crippen LogP contribution in [0.1, 0.15) is 34.0 Å². The van der Waals surface area contributed by atoms with Gasteiger partial charge in [0.1, 0.15) is 0 Å². The molecule has 0 bridgehead atoms. The molecule has 0 aliphatic carbocycles. The Hall–Kier alpha value is -2.37. The number of amides is 2. The van der Waals surface area contributed by atoms with Gasteiger partial charge in [0.2, 0.25) is 5.89 Å². The molecular weight excluding hydrogens is 280 g/mol. The normalized spacial score (nSPS) is 10.5. The van der Waals surface area contributed by atoms with Gasteiger partial charge in [0.25, 0.3) is 0 Å². The second-order valence-electron chi connectivity index (χ2n) is 5.47. The molecule has 0 unspecified atom stereocenters. The Labute approximate surface area is 130 Å². The highest BCUT2D eigenvalue weighted by Gasteiger charge is 2.07. The molecule has 22 heavy (non-hydrogen) atoms. The number of carbonyl (C=O) groups excluding carboxylic acids is 1. The predicted octanol–water partition coefficient (Wildman–Crippen LogP) is 2.35. The van der Waals surface area contributed by atoms with E-state index in [2.05, 4.69) is 53.7 Å². The summed E-state index contributed by atoms with van der Waals surface area (Å²) in [5, 5.41) is 9.19. The zero-order chi connectivity index (χ0) is 16.1. The smallest absolute Gasteiger partial charge is 0.315 e. The van der Waals surface area contributed by atoms with Crippen LogP contribution in [0.3, 0.4) is 0 Å². The van der Waals surface area contributed by atoms with Crippen LogP contribution in [0.25, 0.3) is 0 Å². The molecule has 2 N–H and O–H groups in total. The lowest BCUT2D eigenvalue weighted by Gasteiger charge is -2.12. The van der Waals surface area contributed by atoms with Gasteiger partial charge in [0.15, 0.2) is 5.82 Å². The van der Waals surface area contributed by atoms with Crippen LogP contribution >= 0.6 is 0 Å². The van der Waals surface area contributed by atoms with Crippen LogP contribution in [0.15, 0.2) is 16.7 Å². The first-order chi connectivity index (χ1) is 10.5. The third kappa shape index (κ3) is 4.31. The summed E-state index contributed by atoms with van der Waals surface area (Å²) >= 11 is 0. The van der Waals surface area contributed by atoms with Gasteiger partial charge in [-0.05, 0) is 50.8 Å². The Morgan fingerprint density at radius 2 is 1.82 bits per heavy atom. The Morgan fingerprint density at radius 1 is 1.14 bits per heavy atom. The van der Waals surface area contributed by atoms with Crippen molar-refractivity contribution in [3.8, 4) is 0 Å². The highest BCUT2D eigenvalue weighted by Crippen LogP contribution is 2.16. The fraction of sp³-hybridized carbons (Fsp3) is 0.438. The maximum atomic E-state index is 11.7. The van der Waals surface area contributed by atoms with Crippen molar-refractivity contribution >= 4 is 6.03 Å². The molecule has 1 aromatic heterocycles. The monoisotopic (exact) mass is 302 g/mol. The van der Waals surface area contributed by atoms with E-state index in [1.54, 1.807) is 6.92 Å². The fourth-order valence-electron chi connectivity index (χ4n) is 2.54. The lowest BCUT2D eigenvalue weighted by Crippen LogP contribution is -2.36. The molecule has 0 aliphatic heterocycles. The van der Waals surface area contributed by atoms with Gasteiger partial charge in [0, 0.05) is 6.54 Å². The van der Waals surface area contributed by atoms with E-state index in [-0.39, 0.29) is 12.6 Å². The van der Waals surface area contributed by atoms with Gasteiger partial charge >= 0.3 is 6.03 Å². The van der Waals surface area contributed by atoms with E-state index < -0.39 is 0 Å². The number of carbonyl (C=O) groups is 1. The topological polar surface area (TPSA) is 80.0 Å². The number of benzene rings is 1. The minimum Gasteiger partial charge on any atom is -0.338 e. The maximum absolute atomic E-state index is 11.7. The Bertz CT molecular complexity index is 641. The number of urea groups is 1. The van der Waals surface area contributed by atoms with Crippen molar-refractivity contribution in [2.24, 2.45) is 0 Å². The van der Waals surface area contributed by atoms with Crippen LogP contribution in [-0.4, -0.2) is 22.7 Å². The van der Waals surface area contributed by atoms with E-state index in [0.717, 1.165) is 6.42 Å². The van der Waals surface area contributed by atoms with Crippen molar-refractivity contribution in [1.82, 2.24) is 20.8 Å². The lowest BCUT2D eigenvalue weighted by atomic mass is 9.97. The van der Waals surface area contributed by atoms with Crippen LogP contribution in [-0.2, 0) is 13.0 Å². The van der Waals surface area contributed by atoms with Crippen LogP contribution in [0, 0.1) is 27.7 Å². The third-order valence-corrected chi connectivity index (χ3v) is 3.47. The van der Waals surface area contributed by atoms with Gasteiger partial charge in [-0.1, -0.05) is 22.9 Å². The molecule has 118 valence electrons. The van der Waals surface area contributed by atoms with Gasteiger partial charge in [-0.2, -0.15) is 4.98 Å². The number of rotatable bonds is 5. The zero-order valence-corrected chi connectivity index (χ0v) is 13.5. The van der Waals surface area contributed by atoms with Crippen molar-refractivity contribution in [3.63, 3.8) is 0 Å². The molecule has 0 saturated heterocycles. The van der Waals surface area contributed by atoms with Crippen molar-refractivity contribution in [3.05, 3.63) is 46.1 Å². The Morgan fingerprint density at radius 3 is 2.41 bits per heavy atom. The number of aryl methyl sites for hydroxylation is 4. The van der Waals surface area contributed by atoms with Crippen LogP contribution in [0.2, 0.25) is 0 Å². The predicted molar refractivity (Wildman–Crippen MR) is 83.6 cm³/mol. The summed E-state index contributed by atoms with van der Waals surface area (Å²) in [5.41, 5.74) is 5.08. The van der Waals surface area contributed by atoms with E-state index in [4.69, 9.17) is 4.52 Å². The number of hydrogen-bond donors (Lipinski definition) is 2. The van der Waals surface area contributed by atoms with Crippen LogP contribution in [0.4, 0.5) is 4.79 Å². The molecule has 0 radical (unpaired) electrons. The van der Waals surface area contributed by atoms with E-state index in [0.29, 0.717) is 18.3 Å². The molecule has 6 nitrogen and oxygen atoms in total. The summed E-state index contributed by atoms with van der Waals surface area (Å²) in [6, 6.07) is 4.10. The summed E-state index contributed by atoms with van der Waals surface area (Å²) < 4.78 is 4.93. The minimum atomic E-state index is -0.238. The first-order valence-corrected chi connectivity index (χ1v) is 7.33. The van der Waals surface area contributed by atoms with Gasteiger partial charge in [-0.3, -0.25) is 0 Å². The van der Waals surface area contributed by atoms with Gasteiger partial charge in [0.05, 0.1) is 6.54 Å². The Kier molecular flexibility index (Phi) is 5.14. The molecule has 2 rings (SSSR count). The van der Waals surface area contributed by atoms with E-state index >= 15 is 0 Å². The van der Waals surface area contributed by atoms with E-state index in [1.165, 1.54) is 22.3 Å². The zero-order valence-electron chi connectivity index (χ0n) is 13.5. The molecule has 2 amide bonds. The summed E-state index contributed by atoms with van der Waals surface area (Å²) in [6.07, 6.45) is 0.811. The average Bonchev–Trinajstić information content (AvgIpc) is 2.85. The molecule has 0 fully saturated rings. The highest BCUT2D eigenvalue weighted by molar-refractivity contribution is 5.73. The SMILES string of the molecule is Cc1cc(C)c(CCNC(=O)NCc2nc(C)no2)c(C)c1. The number of hydrogen-bond acceptors (Lipinski definition) is 4. The lowest BCUT2D eigenvalue weighted by molar-refractivity contribution is 0.238. The van der Waals surface area contributed by atoms with Gasteiger partial charge in [-0.25, -0.2) is 4.79 Å². The molecule has 2 aromatic rings. The second kappa shape index (κ2) is 7.06. The maximum Gasteiger partial charge on any atom is 0.315 e. The summed E-state index contributed by atoms with van der Waals surface area (Å²) in [4.78, 5) is 15.7. The first-order valence-electron chi connectivity index (χ1n) is 7.33. The highest BCUT2D eigenvalue weighted by atomic mass is 16.5. The van der Waals surface area contributed by atoms with Crippen molar-refractivity contribution in [2.45, 2.75) is 40.7 Å². The quantitative estimate of drug-likeness (QED) is 0.888. The summed E-state index contributed by atoms with van der Waals surface area (Å²) in [6.45, 7) is 8.85. The molecule has 6 heteroatoms. The number of nitrogens with zero attached hydrogens (tertiary/aromatic N) is 2. The first kappa shape index (κ1) is 16.0. The molecule has 0 aliphatic rings. The van der Waals surface area contributed by atoms with Gasteiger partial charge in [-0.15, -0.1) is 0 Å². The van der Waals surface area contributed by atoms with Crippen molar-refractivity contribution in [1.29, 1.82) is 0 Å². The Balaban J connectivity index is 1.77. The molecule has 0 atom stereocenters. The number of nitrogens with one attached hydrogen (secondary N) is 2. The largest absolute Gasteiger partial charge is 0.338 e. The van der Waals surface area contributed by atoms with Crippen molar-refractivity contribution in [2.75, 3.05) is 6.54 Å².